The second kappa shape index (κ2) is 0.699. The van der Waals surface area contributed by atoms with Crippen LogP contribution in [0.2, 0.25) is 0 Å². The highest BCUT2D eigenvalue weighted by Crippen LogP contribution is 2.46. The van der Waals surface area contributed by atoms with E-state index in [1.54, 1.807) is 0 Å². The molecule has 1 fully saturated rings. The van der Waals surface area contributed by atoms with Gasteiger partial charge in [-0.15, -0.1) is 0 Å². The summed E-state index contributed by atoms with van der Waals surface area (Å²) in [4.78, 5) is 0. The average molecular weight is 80.1 g/mol. The van der Waals surface area contributed by atoms with Gasteiger partial charge in [-0.3, -0.25) is 0 Å². The normalized spacial score (nSPS) is 49.3. The van der Waals surface area contributed by atoms with Crippen LogP contribution in [0.15, 0.2) is 12.2 Å². The van der Waals surface area contributed by atoms with Gasteiger partial charge in [0.25, 0.3) is 0 Å². The first-order valence-corrected chi connectivity index (χ1v) is 2.63. The van der Waals surface area contributed by atoms with Crippen molar-refractivity contribution >= 4 is 0 Å². The quantitative estimate of drug-likeness (QED) is 0.387. The standard InChI is InChI=1S/C6H8/c1-2-5-4-6(5)3-1/h1-2,5-6H,3-4H2/t5?,6-/m1/s1. The van der Waals surface area contributed by atoms with E-state index >= 15 is 0 Å². The summed E-state index contributed by atoms with van der Waals surface area (Å²) in [5.41, 5.74) is 0. The lowest BCUT2D eigenvalue weighted by molar-refractivity contribution is 0.855. The molecule has 32 valence electrons. The number of allylic oxidation sites excluding steroid dienone is 2. The van der Waals surface area contributed by atoms with Crippen LogP contribution in [0.5, 0.6) is 0 Å². The lowest BCUT2D eigenvalue weighted by Crippen LogP contribution is -1.61. The van der Waals surface area contributed by atoms with Crippen molar-refractivity contribution in [2.75, 3.05) is 0 Å². The van der Waals surface area contributed by atoms with E-state index in [0.717, 1.165) is 11.8 Å². The van der Waals surface area contributed by atoms with Crippen molar-refractivity contribution in [3.8, 4) is 0 Å². The lowest BCUT2D eigenvalue weighted by atomic mass is 10.3. The summed E-state index contributed by atoms with van der Waals surface area (Å²) in [6.45, 7) is 0. The van der Waals surface area contributed by atoms with Gasteiger partial charge >= 0.3 is 0 Å². The Labute approximate surface area is 37.9 Å². The molecule has 0 N–H and O–H groups in total. The molecule has 0 heteroatoms. The maximum absolute atomic E-state index is 2.35. The zero-order valence-electron chi connectivity index (χ0n) is 3.72. The summed E-state index contributed by atoms with van der Waals surface area (Å²) in [5.74, 6) is 2.13. The Morgan fingerprint density at radius 2 is 2.50 bits per heavy atom. The molecule has 0 aromatic carbocycles. The molecule has 0 nitrogen and oxygen atoms in total. The molecule has 2 atom stereocenters. The minimum Gasteiger partial charge on any atom is -0.0880 e. The maximum atomic E-state index is 2.35. The largest absolute Gasteiger partial charge is 0.0880 e. The van der Waals surface area contributed by atoms with Crippen LogP contribution in [0.1, 0.15) is 12.8 Å². The van der Waals surface area contributed by atoms with Gasteiger partial charge in [0, 0.05) is 0 Å². The summed E-state index contributed by atoms with van der Waals surface area (Å²) in [7, 11) is 0. The second-order valence-electron chi connectivity index (χ2n) is 2.32. The first-order valence-electron chi connectivity index (χ1n) is 2.63. The van der Waals surface area contributed by atoms with Gasteiger partial charge in [0.15, 0.2) is 0 Å². The van der Waals surface area contributed by atoms with E-state index in [-0.39, 0.29) is 0 Å². The van der Waals surface area contributed by atoms with E-state index < -0.39 is 0 Å². The molecule has 0 spiro atoms. The molecule has 0 aromatic heterocycles. The minimum absolute atomic E-state index is 1.03. The van der Waals surface area contributed by atoms with Crippen molar-refractivity contribution in [3.05, 3.63) is 12.2 Å². The average Bonchev–Trinajstić information content (AvgIpc) is 2.17. The summed E-state index contributed by atoms with van der Waals surface area (Å²) in [6, 6.07) is 0. The summed E-state index contributed by atoms with van der Waals surface area (Å²) < 4.78 is 0. The monoisotopic (exact) mass is 80.1 g/mol. The van der Waals surface area contributed by atoms with Crippen LogP contribution in [-0.4, -0.2) is 0 Å². The van der Waals surface area contributed by atoms with Crippen LogP contribution in [-0.2, 0) is 0 Å². The number of hydrogen-bond donors (Lipinski definition) is 0. The van der Waals surface area contributed by atoms with Crippen molar-refractivity contribution in [2.45, 2.75) is 12.8 Å². The molecule has 2 aliphatic carbocycles. The van der Waals surface area contributed by atoms with Crippen LogP contribution in [0.3, 0.4) is 0 Å². The van der Waals surface area contributed by atoms with E-state index in [9.17, 15) is 0 Å². The lowest BCUT2D eigenvalue weighted by Gasteiger charge is -1.72. The predicted molar refractivity (Wildman–Crippen MR) is 25.4 cm³/mol. The SMILES string of the molecule is C1=CC2C[C@H]2C1. The molecule has 1 unspecified atom stereocenters. The van der Waals surface area contributed by atoms with Gasteiger partial charge in [-0.1, -0.05) is 12.2 Å². The fourth-order valence-corrected chi connectivity index (χ4v) is 1.21. The van der Waals surface area contributed by atoms with E-state index in [2.05, 4.69) is 12.2 Å². The molecule has 2 aliphatic rings. The molecular formula is C6H8. The minimum atomic E-state index is 1.03. The predicted octanol–water partition coefficient (Wildman–Crippen LogP) is 1.58. The highest BCUT2D eigenvalue weighted by molar-refractivity contribution is 5.11. The van der Waals surface area contributed by atoms with E-state index in [1.165, 1.54) is 12.8 Å². The highest BCUT2D eigenvalue weighted by atomic mass is 14.4. The Bertz CT molecular complexity index is 92.2. The Balaban J connectivity index is 2.26. The molecule has 0 amide bonds. The highest BCUT2D eigenvalue weighted by Gasteiger charge is 2.36. The topological polar surface area (TPSA) is 0 Å². The molecule has 0 bridgehead atoms. The molecule has 0 heterocycles. The number of hydrogen-bond acceptors (Lipinski definition) is 0. The van der Waals surface area contributed by atoms with E-state index in [4.69, 9.17) is 0 Å². The number of fused-ring (bicyclic) bond motifs is 1. The number of rotatable bonds is 0. The summed E-state index contributed by atoms with van der Waals surface area (Å²) in [5, 5.41) is 0. The smallest absolute Gasteiger partial charge is 0.0199 e. The third kappa shape index (κ3) is 0.204. The van der Waals surface area contributed by atoms with Gasteiger partial charge in [-0.2, -0.15) is 0 Å². The molecule has 6 heavy (non-hydrogen) atoms. The molecule has 1 saturated carbocycles. The van der Waals surface area contributed by atoms with Gasteiger partial charge in [0.05, 0.1) is 0 Å². The molecular weight excluding hydrogens is 72.1 g/mol. The summed E-state index contributed by atoms with van der Waals surface area (Å²) >= 11 is 0. The van der Waals surface area contributed by atoms with Crippen LogP contribution in [0.4, 0.5) is 0 Å². The van der Waals surface area contributed by atoms with Crippen molar-refractivity contribution in [2.24, 2.45) is 11.8 Å². The van der Waals surface area contributed by atoms with Gasteiger partial charge in [-0.25, -0.2) is 0 Å². The molecule has 2 rings (SSSR count). The zero-order valence-corrected chi connectivity index (χ0v) is 3.72. The van der Waals surface area contributed by atoms with Crippen LogP contribution >= 0.6 is 0 Å². The summed E-state index contributed by atoms with van der Waals surface area (Å²) in [6.07, 6.45) is 7.53. The van der Waals surface area contributed by atoms with E-state index in [0.29, 0.717) is 0 Å². The van der Waals surface area contributed by atoms with Crippen molar-refractivity contribution in [1.82, 2.24) is 0 Å². The van der Waals surface area contributed by atoms with Crippen LogP contribution in [0.25, 0.3) is 0 Å². The van der Waals surface area contributed by atoms with Gasteiger partial charge in [0.2, 0.25) is 0 Å². The molecule has 0 radical (unpaired) electrons. The van der Waals surface area contributed by atoms with Gasteiger partial charge in [-0.05, 0) is 24.7 Å². The molecule has 0 saturated heterocycles. The first-order chi connectivity index (χ1) is 2.97. The molecule has 0 aromatic rings. The van der Waals surface area contributed by atoms with Crippen LogP contribution in [0, 0.1) is 11.8 Å². The third-order valence-electron chi connectivity index (χ3n) is 1.80. The fourth-order valence-electron chi connectivity index (χ4n) is 1.21. The van der Waals surface area contributed by atoms with Crippen molar-refractivity contribution in [1.29, 1.82) is 0 Å². The van der Waals surface area contributed by atoms with Gasteiger partial charge < -0.3 is 0 Å². The third-order valence-corrected chi connectivity index (χ3v) is 1.80. The molecule has 0 aliphatic heterocycles. The first kappa shape index (κ1) is 2.84. The Morgan fingerprint density at radius 3 is 2.67 bits per heavy atom. The maximum Gasteiger partial charge on any atom is -0.0199 e. The fraction of sp³-hybridized carbons (Fsp3) is 0.667. The van der Waals surface area contributed by atoms with Gasteiger partial charge in [0.1, 0.15) is 0 Å². The second-order valence-corrected chi connectivity index (χ2v) is 2.32. The zero-order chi connectivity index (χ0) is 3.98. The Kier molecular flexibility index (Phi) is 0.331. The Hall–Kier alpha value is -0.260. The van der Waals surface area contributed by atoms with Crippen LogP contribution < -0.4 is 0 Å². The Morgan fingerprint density at radius 1 is 1.50 bits per heavy atom. The van der Waals surface area contributed by atoms with Crippen molar-refractivity contribution < 1.29 is 0 Å². The van der Waals surface area contributed by atoms with E-state index in [1.807, 2.05) is 0 Å². The van der Waals surface area contributed by atoms with Crippen molar-refractivity contribution in [3.63, 3.8) is 0 Å².